The van der Waals surface area contributed by atoms with E-state index >= 15 is 0 Å². The van der Waals surface area contributed by atoms with Crippen LogP contribution in [0.2, 0.25) is 0 Å². The Bertz CT molecular complexity index is 388. The molecule has 1 aromatic carbocycles. The summed E-state index contributed by atoms with van der Waals surface area (Å²) < 4.78 is 26.8. The molecular formula is C11H12F2OS. The Labute approximate surface area is 91.5 Å². The Morgan fingerprint density at radius 2 is 2.00 bits per heavy atom. The Morgan fingerprint density at radius 1 is 1.33 bits per heavy atom. The summed E-state index contributed by atoms with van der Waals surface area (Å²) >= 11 is 1.17. The average Bonchev–Trinajstić information content (AvgIpc) is 2.89. The second-order valence-corrected chi connectivity index (χ2v) is 4.83. The molecule has 0 saturated heterocycles. The van der Waals surface area contributed by atoms with Gasteiger partial charge < -0.3 is 5.11 Å². The highest BCUT2D eigenvalue weighted by Gasteiger charge is 2.40. The Hall–Kier alpha value is -0.610. The standard InChI is InChI=1S/C11H12F2OS/c1-15-10-5-8(12)7(4-9(10)13)6-11(14)2-3-11/h4-5,14H,2-3,6H2,1H3. The zero-order valence-electron chi connectivity index (χ0n) is 8.39. The van der Waals surface area contributed by atoms with Crippen LogP contribution in [-0.2, 0) is 6.42 Å². The minimum Gasteiger partial charge on any atom is -0.390 e. The van der Waals surface area contributed by atoms with E-state index in [1.807, 2.05) is 0 Å². The maximum absolute atomic E-state index is 13.5. The first-order valence-corrected chi connectivity index (χ1v) is 6.01. The van der Waals surface area contributed by atoms with E-state index in [1.165, 1.54) is 23.9 Å². The normalized spacial score (nSPS) is 17.9. The topological polar surface area (TPSA) is 20.2 Å². The number of aliphatic hydroxyl groups is 1. The smallest absolute Gasteiger partial charge is 0.137 e. The van der Waals surface area contributed by atoms with Gasteiger partial charge in [0.15, 0.2) is 0 Å². The van der Waals surface area contributed by atoms with Gasteiger partial charge in [-0.05, 0) is 36.8 Å². The lowest BCUT2D eigenvalue weighted by Crippen LogP contribution is -2.12. The van der Waals surface area contributed by atoms with Crippen molar-refractivity contribution in [2.75, 3.05) is 6.26 Å². The van der Waals surface area contributed by atoms with E-state index < -0.39 is 17.2 Å². The summed E-state index contributed by atoms with van der Waals surface area (Å²) in [4.78, 5) is 0.305. The van der Waals surface area contributed by atoms with Gasteiger partial charge in [0.05, 0.1) is 5.60 Å². The van der Waals surface area contributed by atoms with Crippen molar-refractivity contribution in [3.63, 3.8) is 0 Å². The van der Waals surface area contributed by atoms with E-state index in [-0.39, 0.29) is 12.0 Å². The molecule has 15 heavy (non-hydrogen) atoms. The molecule has 1 N–H and O–H groups in total. The van der Waals surface area contributed by atoms with Crippen LogP contribution < -0.4 is 0 Å². The van der Waals surface area contributed by atoms with Crippen molar-refractivity contribution >= 4 is 11.8 Å². The largest absolute Gasteiger partial charge is 0.390 e. The molecule has 0 amide bonds. The molecule has 4 heteroatoms. The third kappa shape index (κ3) is 2.32. The van der Waals surface area contributed by atoms with Gasteiger partial charge in [0.25, 0.3) is 0 Å². The molecule has 0 spiro atoms. The van der Waals surface area contributed by atoms with Gasteiger partial charge in [0.2, 0.25) is 0 Å². The molecule has 0 aliphatic heterocycles. The van der Waals surface area contributed by atoms with Gasteiger partial charge in [-0.2, -0.15) is 0 Å². The van der Waals surface area contributed by atoms with E-state index in [1.54, 1.807) is 6.26 Å². The van der Waals surface area contributed by atoms with Crippen LogP contribution >= 0.6 is 11.8 Å². The fraction of sp³-hybridized carbons (Fsp3) is 0.455. The molecule has 0 radical (unpaired) electrons. The van der Waals surface area contributed by atoms with E-state index in [2.05, 4.69) is 0 Å². The van der Waals surface area contributed by atoms with Crippen molar-refractivity contribution in [3.8, 4) is 0 Å². The van der Waals surface area contributed by atoms with Crippen molar-refractivity contribution < 1.29 is 13.9 Å². The number of halogens is 2. The SMILES string of the molecule is CSc1cc(F)c(CC2(O)CC2)cc1F. The third-order valence-electron chi connectivity index (χ3n) is 2.67. The van der Waals surface area contributed by atoms with Crippen LogP contribution in [0.25, 0.3) is 0 Å². The molecule has 0 atom stereocenters. The number of hydrogen-bond donors (Lipinski definition) is 1. The van der Waals surface area contributed by atoms with E-state index in [0.29, 0.717) is 17.7 Å². The predicted molar refractivity (Wildman–Crippen MR) is 56.0 cm³/mol. The number of rotatable bonds is 3. The van der Waals surface area contributed by atoms with Gasteiger partial charge >= 0.3 is 0 Å². The Balaban J connectivity index is 2.28. The summed E-state index contributed by atoms with van der Waals surface area (Å²) in [5, 5.41) is 9.63. The maximum atomic E-state index is 13.5. The van der Waals surface area contributed by atoms with Crippen LogP contribution in [0, 0.1) is 11.6 Å². The predicted octanol–water partition coefficient (Wildman–Crippen LogP) is 2.75. The number of thioether (sulfide) groups is 1. The summed E-state index contributed by atoms with van der Waals surface area (Å²) in [5.74, 6) is -0.843. The second kappa shape index (κ2) is 3.76. The molecule has 1 aliphatic rings. The number of benzene rings is 1. The minimum atomic E-state index is -0.784. The number of hydrogen-bond acceptors (Lipinski definition) is 2. The molecule has 1 saturated carbocycles. The molecule has 0 heterocycles. The van der Waals surface area contributed by atoms with Crippen molar-refractivity contribution in [2.45, 2.75) is 29.8 Å². The monoisotopic (exact) mass is 230 g/mol. The van der Waals surface area contributed by atoms with Crippen LogP contribution in [-0.4, -0.2) is 17.0 Å². The van der Waals surface area contributed by atoms with Gasteiger partial charge in [-0.25, -0.2) is 8.78 Å². The molecule has 2 rings (SSSR count). The molecule has 1 fully saturated rings. The highest BCUT2D eigenvalue weighted by atomic mass is 32.2. The fourth-order valence-corrected chi connectivity index (χ4v) is 2.01. The molecule has 1 aromatic rings. The first-order chi connectivity index (χ1) is 7.04. The zero-order valence-corrected chi connectivity index (χ0v) is 9.20. The summed E-state index contributed by atoms with van der Waals surface area (Å²) in [6.07, 6.45) is 3.27. The molecule has 0 aromatic heterocycles. The lowest BCUT2D eigenvalue weighted by atomic mass is 10.1. The van der Waals surface area contributed by atoms with E-state index in [9.17, 15) is 13.9 Å². The Morgan fingerprint density at radius 3 is 2.53 bits per heavy atom. The van der Waals surface area contributed by atoms with E-state index in [0.717, 1.165) is 0 Å². The molecular weight excluding hydrogens is 218 g/mol. The Kier molecular flexibility index (Phi) is 2.73. The van der Waals surface area contributed by atoms with Crippen LogP contribution in [0.1, 0.15) is 18.4 Å². The third-order valence-corrected chi connectivity index (χ3v) is 3.42. The van der Waals surface area contributed by atoms with Crippen LogP contribution in [0.15, 0.2) is 17.0 Å². The summed E-state index contributed by atoms with van der Waals surface area (Å²) in [6.45, 7) is 0. The van der Waals surface area contributed by atoms with Crippen LogP contribution in [0.3, 0.4) is 0 Å². The molecule has 1 aliphatic carbocycles. The first kappa shape index (κ1) is 10.9. The van der Waals surface area contributed by atoms with Crippen LogP contribution in [0.4, 0.5) is 8.78 Å². The van der Waals surface area contributed by atoms with Crippen molar-refractivity contribution in [1.82, 2.24) is 0 Å². The van der Waals surface area contributed by atoms with Gasteiger partial charge in [-0.15, -0.1) is 11.8 Å². The van der Waals surface area contributed by atoms with Crippen molar-refractivity contribution in [1.29, 1.82) is 0 Å². The minimum absolute atomic E-state index is 0.213. The summed E-state index contributed by atoms with van der Waals surface area (Å²) in [7, 11) is 0. The van der Waals surface area contributed by atoms with Crippen molar-refractivity contribution in [2.24, 2.45) is 0 Å². The lowest BCUT2D eigenvalue weighted by molar-refractivity contribution is 0.149. The maximum Gasteiger partial charge on any atom is 0.137 e. The quantitative estimate of drug-likeness (QED) is 0.806. The summed E-state index contributed by atoms with van der Waals surface area (Å²) in [5.41, 5.74) is -0.515. The van der Waals surface area contributed by atoms with Gasteiger partial charge in [0, 0.05) is 11.3 Å². The van der Waals surface area contributed by atoms with E-state index in [4.69, 9.17) is 0 Å². The molecule has 1 nitrogen and oxygen atoms in total. The average molecular weight is 230 g/mol. The highest BCUT2D eigenvalue weighted by Crippen LogP contribution is 2.39. The highest BCUT2D eigenvalue weighted by molar-refractivity contribution is 7.98. The van der Waals surface area contributed by atoms with Crippen LogP contribution in [0.5, 0.6) is 0 Å². The van der Waals surface area contributed by atoms with Gasteiger partial charge in [-0.3, -0.25) is 0 Å². The molecule has 0 unspecified atom stereocenters. The fourth-order valence-electron chi connectivity index (χ4n) is 1.54. The summed E-state index contributed by atoms with van der Waals surface area (Å²) in [6, 6.07) is 2.39. The molecule has 82 valence electrons. The first-order valence-electron chi connectivity index (χ1n) is 4.78. The second-order valence-electron chi connectivity index (χ2n) is 3.98. The van der Waals surface area contributed by atoms with Crippen molar-refractivity contribution in [3.05, 3.63) is 29.3 Å². The van der Waals surface area contributed by atoms with Gasteiger partial charge in [-0.1, -0.05) is 0 Å². The molecule has 0 bridgehead atoms. The van der Waals surface area contributed by atoms with Gasteiger partial charge in [0.1, 0.15) is 11.6 Å². The lowest BCUT2D eigenvalue weighted by Gasteiger charge is -2.10. The zero-order chi connectivity index (χ0) is 11.1.